The Kier molecular flexibility index (Phi) is 5.52. The first kappa shape index (κ1) is 21.3. The molecule has 1 aromatic carbocycles. The van der Waals surface area contributed by atoms with E-state index in [1.807, 2.05) is 30.9 Å². The molecule has 2 N–H and O–H groups in total. The number of aryl methyl sites for hydroxylation is 1. The first-order chi connectivity index (χ1) is 15.3. The van der Waals surface area contributed by atoms with Crippen molar-refractivity contribution in [3.05, 3.63) is 51.9 Å². The van der Waals surface area contributed by atoms with E-state index in [9.17, 15) is 15.2 Å². The molecule has 1 fully saturated rings. The molecular weight excluding hydrogens is 430 g/mol. The molecule has 0 spiro atoms. The smallest absolute Gasteiger partial charge is 0.356 e. The van der Waals surface area contributed by atoms with Gasteiger partial charge in [0.15, 0.2) is 17.2 Å². The monoisotopic (exact) mass is 447 g/mol. The van der Waals surface area contributed by atoms with Crippen LogP contribution >= 0.6 is 11.6 Å². The third-order valence-corrected chi connectivity index (χ3v) is 5.51. The van der Waals surface area contributed by atoms with Gasteiger partial charge in [0, 0.05) is 18.7 Å². The number of hydrogen-bond donors (Lipinski definition) is 2. The van der Waals surface area contributed by atoms with E-state index in [0.717, 1.165) is 11.1 Å². The lowest BCUT2D eigenvalue weighted by Crippen LogP contribution is -2.47. The van der Waals surface area contributed by atoms with Crippen molar-refractivity contribution in [3.63, 3.8) is 0 Å². The normalized spacial score (nSPS) is 14.3. The molecule has 1 aliphatic heterocycles. The highest BCUT2D eigenvalue weighted by atomic mass is 35.5. The van der Waals surface area contributed by atoms with Crippen LogP contribution in [-0.4, -0.2) is 39.1 Å². The zero-order chi connectivity index (χ0) is 23.0. The number of anilines is 2. The van der Waals surface area contributed by atoms with Gasteiger partial charge < -0.3 is 15.3 Å². The Labute approximate surface area is 188 Å². The van der Waals surface area contributed by atoms with Crippen LogP contribution < -0.4 is 10.2 Å². The van der Waals surface area contributed by atoms with Gasteiger partial charge in [-0.1, -0.05) is 17.7 Å². The molecule has 9 nitrogen and oxygen atoms in total. The van der Waals surface area contributed by atoms with Crippen molar-refractivity contribution in [2.24, 2.45) is 5.92 Å². The maximum atomic E-state index is 11.6. The third-order valence-electron chi connectivity index (χ3n) is 5.30. The highest BCUT2D eigenvalue weighted by Gasteiger charge is 2.30. The molecular formula is C22H18ClN7O2. The Morgan fingerprint density at radius 2 is 2.03 bits per heavy atom. The lowest BCUT2D eigenvalue weighted by Gasteiger charge is -2.36. The molecule has 32 heavy (non-hydrogen) atoms. The molecule has 0 amide bonds. The van der Waals surface area contributed by atoms with Gasteiger partial charge in [-0.3, -0.25) is 0 Å². The standard InChI is InChI=1S/C22H18ClN7O2/c1-11-5-14(12(2)26-15-3-4-18(23)28-20(15)22(31)32)19-16(6-11)27-17(8-25)21(29-19)30-9-13(7-24)10-30/h3-6,12-13,26H,9-10H2,1-2H3,(H,31,32)/t12-/m1/s1. The quantitative estimate of drug-likeness (QED) is 0.560. The van der Waals surface area contributed by atoms with Crippen LogP contribution in [0.5, 0.6) is 0 Å². The maximum absolute atomic E-state index is 11.6. The molecule has 1 aliphatic rings. The van der Waals surface area contributed by atoms with Crippen molar-refractivity contribution in [2.75, 3.05) is 23.3 Å². The minimum absolute atomic E-state index is 0.0892. The zero-order valence-electron chi connectivity index (χ0n) is 17.3. The van der Waals surface area contributed by atoms with Crippen LogP contribution in [0.25, 0.3) is 11.0 Å². The molecule has 0 unspecified atom stereocenters. The average Bonchev–Trinajstić information content (AvgIpc) is 2.73. The molecule has 3 aromatic rings. The van der Waals surface area contributed by atoms with Gasteiger partial charge in [0.2, 0.25) is 0 Å². The van der Waals surface area contributed by atoms with E-state index in [0.29, 0.717) is 35.6 Å². The zero-order valence-corrected chi connectivity index (χ0v) is 18.1. The number of aromatic nitrogens is 3. The van der Waals surface area contributed by atoms with Crippen molar-refractivity contribution >= 4 is 40.1 Å². The van der Waals surface area contributed by atoms with Crippen molar-refractivity contribution in [1.29, 1.82) is 10.5 Å². The summed E-state index contributed by atoms with van der Waals surface area (Å²) in [5, 5.41) is 31.4. The number of halogens is 1. The number of nitriles is 2. The second-order valence-corrected chi connectivity index (χ2v) is 8.05. The van der Waals surface area contributed by atoms with Crippen molar-refractivity contribution in [1.82, 2.24) is 15.0 Å². The van der Waals surface area contributed by atoms with Gasteiger partial charge in [0.25, 0.3) is 0 Å². The second-order valence-electron chi connectivity index (χ2n) is 7.66. The number of nitrogens with one attached hydrogen (secondary N) is 1. The fourth-order valence-electron chi connectivity index (χ4n) is 3.71. The fourth-order valence-corrected chi connectivity index (χ4v) is 3.86. The number of nitrogens with zero attached hydrogens (tertiary/aromatic N) is 6. The molecule has 2 aromatic heterocycles. The molecule has 0 aliphatic carbocycles. The molecule has 4 rings (SSSR count). The lowest BCUT2D eigenvalue weighted by molar-refractivity contribution is 0.0691. The number of fused-ring (bicyclic) bond motifs is 1. The summed E-state index contributed by atoms with van der Waals surface area (Å²) >= 11 is 5.86. The SMILES string of the molecule is Cc1cc([C@@H](C)Nc2ccc(Cl)nc2C(=O)O)c2nc(N3CC(C#N)C3)c(C#N)nc2c1. The maximum Gasteiger partial charge on any atom is 0.356 e. The summed E-state index contributed by atoms with van der Waals surface area (Å²) in [7, 11) is 0. The molecule has 1 atom stereocenters. The first-order valence-corrected chi connectivity index (χ1v) is 10.2. The molecule has 10 heteroatoms. The van der Waals surface area contributed by atoms with Crippen molar-refractivity contribution in [2.45, 2.75) is 19.9 Å². The highest BCUT2D eigenvalue weighted by molar-refractivity contribution is 6.29. The number of benzene rings is 1. The lowest BCUT2D eigenvalue weighted by atomic mass is 10.0. The minimum atomic E-state index is -1.19. The Bertz CT molecular complexity index is 1320. The Balaban J connectivity index is 1.78. The summed E-state index contributed by atoms with van der Waals surface area (Å²) in [6.07, 6.45) is 0. The van der Waals surface area contributed by atoms with E-state index in [1.54, 1.807) is 6.07 Å². The van der Waals surface area contributed by atoms with E-state index in [-0.39, 0.29) is 28.5 Å². The van der Waals surface area contributed by atoms with E-state index in [4.69, 9.17) is 21.8 Å². The Morgan fingerprint density at radius 3 is 2.69 bits per heavy atom. The Hall–Kier alpha value is -3.95. The van der Waals surface area contributed by atoms with Gasteiger partial charge in [-0.2, -0.15) is 10.5 Å². The number of aromatic carboxylic acids is 1. The summed E-state index contributed by atoms with van der Waals surface area (Å²) in [5.74, 6) is -0.839. The van der Waals surface area contributed by atoms with Crippen LogP contribution in [0, 0.1) is 35.5 Å². The fraction of sp³-hybridized carbons (Fsp3) is 0.273. The van der Waals surface area contributed by atoms with Gasteiger partial charge in [0.05, 0.1) is 34.7 Å². The largest absolute Gasteiger partial charge is 0.476 e. The van der Waals surface area contributed by atoms with Gasteiger partial charge in [-0.25, -0.2) is 19.7 Å². The summed E-state index contributed by atoms with van der Waals surface area (Å²) in [5.41, 5.74) is 3.24. The molecule has 0 bridgehead atoms. The third kappa shape index (κ3) is 3.86. The molecule has 0 radical (unpaired) electrons. The van der Waals surface area contributed by atoms with E-state index < -0.39 is 5.97 Å². The number of carboxylic acid groups (broad SMARTS) is 1. The van der Waals surface area contributed by atoms with Gasteiger partial charge in [0.1, 0.15) is 11.2 Å². The van der Waals surface area contributed by atoms with E-state index in [2.05, 4.69) is 27.4 Å². The minimum Gasteiger partial charge on any atom is -0.476 e. The molecule has 160 valence electrons. The van der Waals surface area contributed by atoms with Crippen LogP contribution in [0.2, 0.25) is 5.15 Å². The number of hydrogen-bond acceptors (Lipinski definition) is 8. The van der Waals surface area contributed by atoms with E-state index >= 15 is 0 Å². The Morgan fingerprint density at radius 1 is 1.28 bits per heavy atom. The average molecular weight is 448 g/mol. The summed E-state index contributed by atoms with van der Waals surface area (Å²) in [4.78, 5) is 26.6. The first-order valence-electron chi connectivity index (χ1n) is 9.84. The number of pyridine rings is 1. The topological polar surface area (TPSA) is 139 Å². The van der Waals surface area contributed by atoms with Crippen LogP contribution in [0.1, 0.15) is 40.3 Å². The predicted molar refractivity (Wildman–Crippen MR) is 119 cm³/mol. The van der Waals surface area contributed by atoms with Crippen LogP contribution in [0.15, 0.2) is 24.3 Å². The number of carbonyl (C=O) groups is 1. The molecule has 3 heterocycles. The van der Waals surface area contributed by atoms with Crippen molar-refractivity contribution < 1.29 is 9.90 Å². The van der Waals surface area contributed by atoms with Gasteiger partial charge in [-0.15, -0.1) is 0 Å². The van der Waals surface area contributed by atoms with Crippen molar-refractivity contribution in [3.8, 4) is 12.1 Å². The van der Waals surface area contributed by atoms with Crippen LogP contribution in [-0.2, 0) is 0 Å². The van der Waals surface area contributed by atoms with Gasteiger partial charge in [-0.05, 0) is 37.6 Å². The molecule has 0 saturated carbocycles. The highest BCUT2D eigenvalue weighted by Crippen LogP contribution is 2.32. The van der Waals surface area contributed by atoms with Crippen LogP contribution in [0.3, 0.4) is 0 Å². The summed E-state index contributed by atoms with van der Waals surface area (Å²) < 4.78 is 0. The number of carboxylic acids is 1. The van der Waals surface area contributed by atoms with E-state index in [1.165, 1.54) is 6.07 Å². The van der Waals surface area contributed by atoms with Crippen LogP contribution in [0.4, 0.5) is 11.5 Å². The van der Waals surface area contributed by atoms with Gasteiger partial charge >= 0.3 is 5.97 Å². The summed E-state index contributed by atoms with van der Waals surface area (Å²) in [6, 6.07) is 10.9. The molecule has 1 saturated heterocycles. The summed E-state index contributed by atoms with van der Waals surface area (Å²) in [6.45, 7) is 4.79. The number of rotatable bonds is 5. The second kappa shape index (κ2) is 8.29. The predicted octanol–water partition coefficient (Wildman–Crippen LogP) is 3.69.